The van der Waals surface area contributed by atoms with Gasteiger partial charge in [-0.2, -0.15) is 0 Å². The van der Waals surface area contributed by atoms with E-state index < -0.39 is 17.7 Å². The molecule has 1 aliphatic carbocycles. The summed E-state index contributed by atoms with van der Waals surface area (Å²) in [5, 5.41) is 11.2. The number of aliphatic hydroxyl groups excluding tert-OH is 1. The second-order valence-corrected chi connectivity index (χ2v) is 8.23. The number of aliphatic hydroxyl groups is 1. The molecule has 6 heteroatoms. The van der Waals surface area contributed by atoms with E-state index in [1.165, 1.54) is 28.7 Å². The van der Waals surface area contributed by atoms with Gasteiger partial charge in [0.25, 0.3) is 11.7 Å². The Kier molecular flexibility index (Phi) is 6.28. The summed E-state index contributed by atoms with van der Waals surface area (Å²) >= 11 is 0. The molecule has 1 aromatic heterocycles. The number of hydrogen-bond acceptors (Lipinski definition) is 5. The van der Waals surface area contributed by atoms with Crippen LogP contribution in [0.1, 0.15) is 55.2 Å². The van der Waals surface area contributed by atoms with Crippen LogP contribution in [-0.4, -0.2) is 52.8 Å². The number of Topliss-reactive ketones (excluding diaryl/α,β-unsaturated/α-hetero) is 1. The monoisotopic (exact) mass is 422 g/mol. The lowest BCUT2D eigenvalue weighted by Crippen LogP contribution is -2.37. The molecule has 0 bridgehead atoms. The van der Waals surface area contributed by atoms with Crippen molar-refractivity contribution in [1.82, 2.24) is 9.80 Å². The van der Waals surface area contributed by atoms with E-state index in [0.717, 1.165) is 32.4 Å². The average Bonchev–Trinajstić information content (AvgIpc) is 3.41. The van der Waals surface area contributed by atoms with Crippen LogP contribution in [0.5, 0.6) is 0 Å². The Bertz CT molecular complexity index is 989. The predicted octanol–water partition coefficient (Wildman–Crippen LogP) is 3.92. The van der Waals surface area contributed by atoms with Gasteiger partial charge in [0.05, 0.1) is 11.8 Å². The lowest BCUT2D eigenvalue weighted by Gasteiger charge is -2.26. The summed E-state index contributed by atoms with van der Waals surface area (Å²) in [5.74, 6) is -0.888. The van der Waals surface area contributed by atoms with Crippen molar-refractivity contribution < 1.29 is 19.1 Å². The molecule has 2 aliphatic rings. The van der Waals surface area contributed by atoms with Gasteiger partial charge in [-0.1, -0.05) is 26.0 Å². The summed E-state index contributed by atoms with van der Waals surface area (Å²) in [4.78, 5) is 29.7. The SMILES string of the molecule is CCN(CC)CCN1C(=O)C(=O)/C(=C(\O)c2ccc3c(c2)CCCC3)C1c1ccco1. The maximum atomic E-state index is 13.0. The van der Waals surface area contributed by atoms with Crippen LogP contribution in [0.2, 0.25) is 0 Å². The summed E-state index contributed by atoms with van der Waals surface area (Å²) in [6, 6.07) is 8.61. The second kappa shape index (κ2) is 9.10. The third-order valence-electron chi connectivity index (χ3n) is 6.53. The first-order chi connectivity index (χ1) is 15.0. The van der Waals surface area contributed by atoms with E-state index in [1.807, 2.05) is 18.2 Å². The molecule has 1 saturated heterocycles. The minimum Gasteiger partial charge on any atom is -0.507 e. The first-order valence-electron chi connectivity index (χ1n) is 11.2. The molecule has 1 N–H and O–H groups in total. The van der Waals surface area contributed by atoms with Gasteiger partial charge in [-0.15, -0.1) is 0 Å². The molecule has 0 spiro atoms. The number of aryl methyl sites for hydroxylation is 2. The number of likely N-dealkylation sites (tertiary alicyclic amines) is 1. The number of furan rings is 1. The van der Waals surface area contributed by atoms with Crippen molar-refractivity contribution in [3.05, 3.63) is 64.6 Å². The van der Waals surface area contributed by atoms with Crippen molar-refractivity contribution in [2.45, 2.75) is 45.6 Å². The molecule has 164 valence electrons. The summed E-state index contributed by atoms with van der Waals surface area (Å²) in [6.07, 6.45) is 5.83. The smallest absolute Gasteiger partial charge is 0.295 e. The second-order valence-electron chi connectivity index (χ2n) is 8.23. The van der Waals surface area contributed by atoms with Gasteiger partial charge in [-0.25, -0.2) is 0 Å². The minimum atomic E-state index is -0.721. The molecule has 0 saturated carbocycles. The van der Waals surface area contributed by atoms with Crippen molar-refractivity contribution in [3.63, 3.8) is 0 Å². The number of hydrogen-bond donors (Lipinski definition) is 1. The molecule has 1 atom stereocenters. The highest BCUT2D eigenvalue weighted by Gasteiger charge is 2.47. The third kappa shape index (κ3) is 4.04. The van der Waals surface area contributed by atoms with Crippen molar-refractivity contribution in [1.29, 1.82) is 0 Å². The molecule has 4 rings (SSSR count). The van der Waals surface area contributed by atoms with Crippen molar-refractivity contribution in [2.24, 2.45) is 0 Å². The van der Waals surface area contributed by atoms with Crippen LogP contribution < -0.4 is 0 Å². The molecule has 2 aromatic rings. The number of likely N-dealkylation sites (N-methyl/N-ethyl adjacent to an activating group) is 1. The molecule has 0 radical (unpaired) electrons. The van der Waals surface area contributed by atoms with Gasteiger partial charge < -0.3 is 19.3 Å². The topological polar surface area (TPSA) is 74.0 Å². The Morgan fingerprint density at radius 3 is 2.55 bits per heavy atom. The highest BCUT2D eigenvalue weighted by atomic mass is 16.3. The number of nitrogens with zero attached hydrogens (tertiary/aromatic N) is 2. The molecule has 2 heterocycles. The molecule has 1 fully saturated rings. The van der Waals surface area contributed by atoms with E-state index in [4.69, 9.17) is 4.42 Å². The summed E-state index contributed by atoms with van der Waals surface area (Å²) in [6.45, 7) is 6.89. The van der Waals surface area contributed by atoms with Gasteiger partial charge in [0, 0.05) is 18.7 Å². The van der Waals surface area contributed by atoms with Gasteiger partial charge in [0.15, 0.2) is 0 Å². The Hall–Kier alpha value is -2.86. The van der Waals surface area contributed by atoms with Crippen LogP contribution in [0.3, 0.4) is 0 Å². The number of carbonyl (C=O) groups excluding carboxylic acids is 2. The Labute approximate surface area is 183 Å². The van der Waals surface area contributed by atoms with Crippen LogP contribution in [0.4, 0.5) is 0 Å². The van der Waals surface area contributed by atoms with Gasteiger partial charge in [0.1, 0.15) is 17.6 Å². The number of ketones is 1. The van der Waals surface area contributed by atoms with E-state index in [0.29, 0.717) is 24.4 Å². The van der Waals surface area contributed by atoms with Crippen LogP contribution in [0, 0.1) is 0 Å². The van der Waals surface area contributed by atoms with Crippen LogP contribution >= 0.6 is 0 Å². The Balaban J connectivity index is 1.74. The number of rotatable bonds is 7. The molecule has 1 unspecified atom stereocenters. The first-order valence-corrected chi connectivity index (χ1v) is 11.2. The zero-order valence-corrected chi connectivity index (χ0v) is 18.3. The van der Waals surface area contributed by atoms with Crippen molar-refractivity contribution in [2.75, 3.05) is 26.2 Å². The van der Waals surface area contributed by atoms with E-state index in [1.54, 1.807) is 12.1 Å². The van der Waals surface area contributed by atoms with Crippen LogP contribution in [-0.2, 0) is 22.4 Å². The molecule has 31 heavy (non-hydrogen) atoms. The fourth-order valence-electron chi connectivity index (χ4n) is 4.68. The van der Waals surface area contributed by atoms with Gasteiger partial charge in [-0.3, -0.25) is 9.59 Å². The standard InChI is InChI=1S/C25H30N2O4/c1-3-26(4-2)13-14-27-22(20-10-7-15-31-20)21(24(29)25(27)30)23(28)19-12-11-17-8-5-6-9-18(17)16-19/h7,10-12,15-16,22,28H,3-6,8-9,13-14H2,1-2H3/b23-21-. The number of fused-ring (bicyclic) bond motifs is 1. The number of benzene rings is 1. The Morgan fingerprint density at radius 1 is 1.13 bits per heavy atom. The molecule has 1 aliphatic heterocycles. The number of carbonyl (C=O) groups is 2. The quantitative estimate of drug-likeness (QED) is 0.416. The zero-order chi connectivity index (χ0) is 22.0. The summed E-state index contributed by atoms with van der Waals surface area (Å²) in [5.41, 5.74) is 3.19. The van der Waals surface area contributed by atoms with E-state index in [2.05, 4.69) is 18.7 Å². The predicted molar refractivity (Wildman–Crippen MR) is 119 cm³/mol. The van der Waals surface area contributed by atoms with Crippen LogP contribution in [0.25, 0.3) is 5.76 Å². The zero-order valence-electron chi connectivity index (χ0n) is 18.3. The van der Waals surface area contributed by atoms with Gasteiger partial charge in [0.2, 0.25) is 0 Å². The maximum absolute atomic E-state index is 13.0. The molecule has 6 nitrogen and oxygen atoms in total. The summed E-state index contributed by atoms with van der Waals surface area (Å²) in [7, 11) is 0. The van der Waals surface area contributed by atoms with Crippen molar-refractivity contribution in [3.8, 4) is 0 Å². The van der Waals surface area contributed by atoms with Crippen LogP contribution in [0.15, 0.2) is 46.6 Å². The van der Waals surface area contributed by atoms with E-state index >= 15 is 0 Å². The summed E-state index contributed by atoms with van der Waals surface area (Å²) < 4.78 is 5.61. The normalized spacial score (nSPS) is 20.5. The molecular weight excluding hydrogens is 392 g/mol. The van der Waals surface area contributed by atoms with E-state index in [9.17, 15) is 14.7 Å². The van der Waals surface area contributed by atoms with Gasteiger partial charge >= 0.3 is 0 Å². The lowest BCUT2D eigenvalue weighted by atomic mass is 9.89. The molecular formula is C25H30N2O4. The maximum Gasteiger partial charge on any atom is 0.295 e. The minimum absolute atomic E-state index is 0.107. The first kappa shape index (κ1) is 21.4. The highest BCUT2D eigenvalue weighted by Crippen LogP contribution is 2.39. The van der Waals surface area contributed by atoms with Gasteiger partial charge in [-0.05, 0) is 68.1 Å². The Morgan fingerprint density at radius 2 is 1.87 bits per heavy atom. The lowest BCUT2D eigenvalue weighted by molar-refractivity contribution is -0.140. The fourth-order valence-corrected chi connectivity index (χ4v) is 4.68. The fraction of sp³-hybridized carbons (Fsp3) is 0.440. The van der Waals surface area contributed by atoms with Crippen molar-refractivity contribution >= 4 is 17.4 Å². The largest absolute Gasteiger partial charge is 0.507 e. The average molecular weight is 423 g/mol. The highest BCUT2D eigenvalue weighted by molar-refractivity contribution is 6.46. The molecule has 1 amide bonds. The number of amides is 1. The van der Waals surface area contributed by atoms with E-state index in [-0.39, 0.29) is 11.3 Å². The third-order valence-corrected chi connectivity index (χ3v) is 6.53. The molecule has 1 aromatic carbocycles.